The third kappa shape index (κ3) is 5.16. The van der Waals surface area contributed by atoms with Crippen molar-refractivity contribution in [3.05, 3.63) is 12.7 Å². The number of carbonyl (C=O) groups is 1. The predicted molar refractivity (Wildman–Crippen MR) is 64.6 cm³/mol. The first-order valence-corrected chi connectivity index (χ1v) is 5.78. The highest BCUT2D eigenvalue weighted by Crippen LogP contribution is 2.03. The van der Waals surface area contributed by atoms with E-state index in [0.717, 1.165) is 0 Å². The lowest BCUT2D eigenvalue weighted by molar-refractivity contribution is 0.0395. The molecule has 0 aromatic rings. The van der Waals surface area contributed by atoms with Crippen molar-refractivity contribution >= 4 is 6.03 Å². The fraction of sp³-hybridized carbons (Fsp3) is 0.727. The molecule has 1 rings (SSSR count). The Balaban J connectivity index is 2.16. The Bertz CT molecular complexity index is 260. The Kier molecular flexibility index (Phi) is 5.96. The van der Waals surface area contributed by atoms with E-state index < -0.39 is 6.10 Å². The van der Waals surface area contributed by atoms with Crippen LogP contribution in [0.2, 0.25) is 0 Å². The second-order valence-electron chi connectivity index (χ2n) is 4.15. The molecule has 0 saturated carbocycles. The first kappa shape index (κ1) is 14.0. The maximum absolute atomic E-state index is 11.3. The van der Waals surface area contributed by atoms with Gasteiger partial charge in [0.05, 0.1) is 19.3 Å². The molecule has 4 N–H and O–H groups in total. The van der Waals surface area contributed by atoms with Crippen molar-refractivity contribution in [2.24, 2.45) is 5.73 Å². The molecule has 1 aliphatic rings. The van der Waals surface area contributed by atoms with Crippen molar-refractivity contribution in [1.82, 2.24) is 10.2 Å². The highest BCUT2D eigenvalue weighted by atomic mass is 16.5. The third-order valence-corrected chi connectivity index (χ3v) is 2.52. The molecule has 6 heteroatoms. The molecule has 6 nitrogen and oxygen atoms in total. The summed E-state index contributed by atoms with van der Waals surface area (Å²) >= 11 is 0. The van der Waals surface area contributed by atoms with Gasteiger partial charge in [0.15, 0.2) is 0 Å². The van der Waals surface area contributed by atoms with E-state index in [0.29, 0.717) is 32.7 Å². The number of urea groups is 1. The zero-order valence-electron chi connectivity index (χ0n) is 9.97. The fourth-order valence-electron chi connectivity index (χ4n) is 1.75. The summed E-state index contributed by atoms with van der Waals surface area (Å²) in [5.41, 5.74) is 5.86. The van der Waals surface area contributed by atoms with Gasteiger partial charge in [0, 0.05) is 25.7 Å². The Hall–Kier alpha value is -1.11. The summed E-state index contributed by atoms with van der Waals surface area (Å²) in [4.78, 5) is 12.9. The van der Waals surface area contributed by atoms with Crippen molar-refractivity contribution in [3.8, 4) is 0 Å². The number of nitrogens with two attached hydrogens (primary N) is 1. The molecule has 1 fully saturated rings. The standard InChI is InChI=1S/C11H21N3O3/c1-2-5-17-8-10(15)6-9(12)7-14-4-3-13-11(14)16/h2,9-10,15H,1,3-8,12H2,(H,13,16). The number of hydrogen-bond donors (Lipinski definition) is 3. The molecule has 0 bridgehead atoms. The van der Waals surface area contributed by atoms with Crippen LogP contribution in [0.3, 0.4) is 0 Å². The van der Waals surface area contributed by atoms with Crippen LogP contribution in [-0.4, -0.2) is 61.0 Å². The van der Waals surface area contributed by atoms with E-state index in [1.54, 1.807) is 11.0 Å². The van der Waals surface area contributed by atoms with Crippen molar-refractivity contribution in [2.45, 2.75) is 18.6 Å². The number of rotatable bonds is 8. The van der Waals surface area contributed by atoms with Crippen LogP contribution in [-0.2, 0) is 4.74 Å². The minimum Gasteiger partial charge on any atom is -0.391 e. The number of aliphatic hydroxyl groups excluding tert-OH is 1. The number of nitrogens with one attached hydrogen (secondary N) is 1. The van der Waals surface area contributed by atoms with Crippen LogP contribution in [0.5, 0.6) is 0 Å². The summed E-state index contributed by atoms with van der Waals surface area (Å²) in [6.07, 6.45) is 1.44. The number of hydrogen-bond acceptors (Lipinski definition) is 4. The fourth-order valence-corrected chi connectivity index (χ4v) is 1.75. The Labute approximate surface area is 101 Å². The van der Waals surface area contributed by atoms with Gasteiger partial charge in [-0.2, -0.15) is 0 Å². The Morgan fingerprint density at radius 2 is 2.47 bits per heavy atom. The molecule has 0 radical (unpaired) electrons. The van der Waals surface area contributed by atoms with Crippen LogP contribution in [0.15, 0.2) is 12.7 Å². The van der Waals surface area contributed by atoms with E-state index in [-0.39, 0.29) is 18.7 Å². The molecule has 1 aliphatic heterocycles. The average molecular weight is 243 g/mol. The van der Waals surface area contributed by atoms with Crippen molar-refractivity contribution in [3.63, 3.8) is 0 Å². The van der Waals surface area contributed by atoms with Gasteiger partial charge >= 0.3 is 6.03 Å². The van der Waals surface area contributed by atoms with Crippen molar-refractivity contribution in [2.75, 3.05) is 32.8 Å². The quantitative estimate of drug-likeness (QED) is 0.388. The van der Waals surface area contributed by atoms with Crippen LogP contribution in [0.4, 0.5) is 4.79 Å². The van der Waals surface area contributed by atoms with Gasteiger partial charge < -0.3 is 25.8 Å². The molecular weight excluding hydrogens is 222 g/mol. The predicted octanol–water partition coefficient (Wildman–Crippen LogP) is -0.707. The minimum atomic E-state index is -0.601. The molecule has 2 amide bonds. The van der Waals surface area contributed by atoms with Crippen molar-refractivity contribution < 1.29 is 14.6 Å². The first-order chi connectivity index (χ1) is 8.13. The van der Waals surface area contributed by atoms with Gasteiger partial charge in [0.25, 0.3) is 0 Å². The van der Waals surface area contributed by atoms with Gasteiger partial charge in [-0.1, -0.05) is 6.08 Å². The molecule has 0 aromatic heterocycles. The summed E-state index contributed by atoms with van der Waals surface area (Å²) in [5.74, 6) is 0. The molecule has 1 saturated heterocycles. The van der Waals surface area contributed by atoms with Gasteiger partial charge in [-0.3, -0.25) is 0 Å². The van der Waals surface area contributed by atoms with E-state index in [2.05, 4.69) is 11.9 Å². The van der Waals surface area contributed by atoms with E-state index >= 15 is 0 Å². The maximum Gasteiger partial charge on any atom is 0.317 e. The second kappa shape index (κ2) is 7.26. The van der Waals surface area contributed by atoms with E-state index in [9.17, 15) is 9.90 Å². The summed E-state index contributed by atoms with van der Waals surface area (Å²) in [7, 11) is 0. The number of carbonyl (C=O) groups excluding carboxylic acids is 1. The molecule has 0 spiro atoms. The summed E-state index contributed by atoms with van der Waals surface area (Å²) in [5, 5.41) is 12.3. The maximum atomic E-state index is 11.3. The molecule has 98 valence electrons. The van der Waals surface area contributed by atoms with Gasteiger partial charge in [-0.25, -0.2) is 4.79 Å². The second-order valence-corrected chi connectivity index (χ2v) is 4.15. The van der Waals surface area contributed by atoms with Gasteiger partial charge in [-0.15, -0.1) is 6.58 Å². The lowest BCUT2D eigenvalue weighted by Crippen LogP contribution is -2.41. The Morgan fingerprint density at radius 3 is 3.06 bits per heavy atom. The normalized spacial score (nSPS) is 18.9. The van der Waals surface area contributed by atoms with E-state index in [4.69, 9.17) is 10.5 Å². The molecule has 1 heterocycles. The first-order valence-electron chi connectivity index (χ1n) is 5.78. The zero-order valence-corrected chi connectivity index (χ0v) is 9.97. The lowest BCUT2D eigenvalue weighted by atomic mass is 10.1. The van der Waals surface area contributed by atoms with Gasteiger partial charge in [-0.05, 0) is 6.42 Å². The highest BCUT2D eigenvalue weighted by Gasteiger charge is 2.22. The molecule has 17 heavy (non-hydrogen) atoms. The molecule has 2 atom stereocenters. The molecule has 0 aliphatic carbocycles. The lowest BCUT2D eigenvalue weighted by Gasteiger charge is -2.21. The largest absolute Gasteiger partial charge is 0.391 e. The smallest absolute Gasteiger partial charge is 0.317 e. The van der Waals surface area contributed by atoms with Gasteiger partial charge in [0.1, 0.15) is 0 Å². The third-order valence-electron chi connectivity index (χ3n) is 2.52. The number of nitrogens with zero attached hydrogens (tertiary/aromatic N) is 1. The highest BCUT2D eigenvalue weighted by molar-refractivity contribution is 5.76. The molecule has 2 unspecified atom stereocenters. The topological polar surface area (TPSA) is 87.8 Å². The van der Waals surface area contributed by atoms with E-state index in [1.807, 2.05) is 0 Å². The van der Waals surface area contributed by atoms with Crippen LogP contribution in [0.1, 0.15) is 6.42 Å². The van der Waals surface area contributed by atoms with Gasteiger partial charge in [0.2, 0.25) is 0 Å². The number of ether oxygens (including phenoxy) is 1. The monoisotopic (exact) mass is 243 g/mol. The SMILES string of the molecule is C=CCOCC(O)CC(N)CN1CCNC1=O. The summed E-state index contributed by atoms with van der Waals surface area (Å²) < 4.78 is 5.12. The van der Waals surface area contributed by atoms with Crippen molar-refractivity contribution in [1.29, 1.82) is 0 Å². The van der Waals surface area contributed by atoms with Crippen LogP contribution < -0.4 is 11.1 Å². The molecule has 0 aromatic carbocycles. The Morgan fingerprint density at radius 1 is 1.71 bits per heavy atom. The van der Waals surface area contributed by atoms with Crippen LogP contribution in [0.25, 0.3) is 0 Å². The van der Waals surface area contributed by atoms with E-state index in [1.165, 1.54) is 0 Å². The summed E-state index contributed by atoms with van der Waals surface area (Å²) in [6, 6.07) is -0.320. The average Bonchev–Trinajstić information content (AvgIpc) is 2.64. The van der Waals surface area contributed by atoms with Crippen LogP contribution in [0, 0.1) is 0 Å². The molecular formula is C11H21N3O3. The number of amides is 2. The summed E-state index contributed by atoms with van der Waals surface area (Å²) in [6.45, 7) is 5.97. The zero-order chi connectivity index (χ0) is 12.7. The number of aliphatic hydroxyl groups is 1. The van der Waals surface area contributed by atoms with Crippen LogP contribution >= 0.6 is 0 Å². The minimum absolute atomic E-state index is 0.0853.